The van der Waals surface area contributed by atoms with E-state index in [9.17, 15) is 4.39 Å². The molecule has 14 heavy (non-hydrogen) atoms. The lowest BCUT2D eigenvalue weighted by Crippen LogP contribution is -2.39. The number of alkyl halides is 1. The van der Waals surface area contributed by atoms with Gasteiger partial charge in [-0.05, 0) is 19.3 Å². The van der Waals surface area contributed by atoms with Crippen molar-refractivity contribution in [2.24, 2.45) is 0 Å². The molecule has 1 aliphatic carbocycles. The third kappa shape index (κ3) is 2.12. The summed E-state index contributed by atoms with van der Waals surface area (Å²) in [6.45, 7) is 0.294. The van der Waals surface area contributed by atoms with Gasteiger partial charge in [0.25, 0.3) is 0 Å². The van der Waals surface area contributed by atoms with Gasteiger partial charge in [0.05, 0.1) is 18.9 Å². The van der Waals surface area contributed by atoms with Crippen molar-refractivity contribution in [3.05, 3.63) is 17.5 Å². The SMILES string of the molecule is FC1(CNc2cncc(Cl)n2)CCC1. The van der Waals surface area contributed by atoms with E-state index in [4.69, 9.17) is 11.6 Å². The van der Waals surface area contributed by atoms with Crippen LogP contribution in [0.4, 0.5) is 10.2 Å². The van der Waals surface area contributed by atoms with Crippen LogP contribution in [0.2, 0.25) is 5.15 Å². The smallest absolute Gasteiger partial charge is 0.149 e. The fraction of sp³-hybridized carbons (Fsp3) is 0.556. The van der Waals surface area contributed by atoms with Crippen LogP contribution in [0.15, 0.2) is 12.4 Å². The first-order valence-electron chi connectivity index (χ1n) is 4.58. The molecule has 76 valence electrons. The highest BCUT2D eigenvalue weighted by atomic mass is 35.5. The van der Waals surface area contributed by atoms with Gasteiger partial charge in [0.2, 0.25) is 0 Å². The first-order chi connectivity index (χ1) is 6.68. The van der Waals surface area contributed by atoms with Crippen molar-refractivity contribution in [2.75, 3.05) is 11.9 Å². The molecule has 1 fully saturated rings. The van der Waals surface area contributed by atoms with Gasteiger partial charge in [-0.15, -0.1) is 0 Å². The van der Waals surface area contributed by atoms with E-state index in [0.717, 1.165) is 6.42 Å². The zero-order valence-electron chi connectivity index (χ0n) is 7.63. The second-order valence-electron chi connectivity index (χ2n) is 3.59. The van der Waals surface area contributed by atoms with E-state index in [0.29, 0.717) is 30.4 Å². The van der Waals surface area contributed by atoms with Gasteiger partial charge in [-0.25, -0.2) is 9.37 Å². The molecule has 0 aromatic carbocycles. The molecule has 5 heteroatoms. The van der Waals surface area contributed by atoms with E-state index in [1.165, 1.54) is 12.4 Å². The Labute approximate surface area is 86.7 Å². The molecule has 0 spiro atoms. The van der Waals surface area contributed by atoms with Crippen LogP contribution in [-0.4, -0.2) is 22.2 Å². The number of nitrogens with zero attached hydrogens (tertiary/aromatic N) is 2. The van der Waals surface area contributed by atoms with E-state index in [2.05, 4.69) is 15.3 Å². The number of aromatic nitrogens is 2. The van der Waals surface area contributed by atoms with Crippen molar-refractivity contribution in [3.8, 4) is 0 Å². The molecular formula is C9H11ClFN3. The molecule has 1 aromatic heterocycles. The van der Waals surface area contributed by atoms with Gasteiger partial charge in [0.1, 0.15) is 16.6 Å². The van der Waals surface area contributed by atoms with Crippen molar-refractivity contribution in [2.45, 2.75) is 24.9 Å². The number of anilines is 1. The normalized spacial score (nSPS) is 18.7. The maximum atomic E-state index is 13.5. The maximum Gasteiger partial charge on any atom is 0.149 e. The molecule has 1 aliphatic rings. The predicted molar refractivity (Wildman–Crippen MR) is 53.2 cm³/mol. The zero-order valence-corrected chi connectivity index (χ0v) is 8.39. The van der Waals surface area contributed by atoms with Crippen molar-refractivity contribution < 1.29 is 4.39 Å². The van der Waals surface area contributed by atoms with Gasteiger partial charge < -0.3 is 5.32 Å². The van der Waals surface area contributed by atoms with Crippen LogP contribution in [-0.2, 0) is 0 Å². The van der Waals surface area contributed by atoms with Crippen molar-refractivity contribution >= 4 is 17.4 Å². The number of hydrogen-bond acceptors (Lipinski definition) is 3. The Morgan fingerprint density at radius 1 is 1.50 bits per heavy atom. The molecule has 0 unspecified atom stereocenters. The third-order valence-electron chi connectivity index (χ3n) is 2.44. The predicted octanol–water partition coefficient (Wildman–Crippen LogP) is 2.43. The van der Waals surface area contributed by atoms with Crippen LogP contribution >= 0.6 is 11.6 Å². The fourth-order valence-corrected chi connectivity index (χ4v) is 1.56. The average molecular weight is 216 g/mol. The lowest BCUT2D eigenvalue weighted by atomic mass is 9.82. The Hall–Kier alpha value is -0.900. The van der Waals surface area contributed by atoms with Gasteiger partial charge in [0.15, 0.2) is 0 Å². The van der Waals surface area contributed by atoms with Gasteiger partial charge in [0, 0.05) is 0 Å². The van der Waals surface area contributed by atoms with E-state index < -0.39 is 5.67 Å². The average Bonchev–Trinajstić information content (AvgIpc) is 2.12. The molecule has 3 nitrogen and oxygen atoms in total. The van der Waals surface area contributed by atoms with Crippen molar-refractivity contribution in [3.63, 3.8) is 0 Å². The van der Waals surface area contributed by atoms with Gasteiger partial charge >= 0.3 is 0 Å². The molecule has 0 atom stereocenters. The molecule has 0 radical (unpaired) electrons. The van der Waals surface area contributed by atoms with E-state index in [-0.39, 0.29) is 0 Å². The Morgan fingerprint density at radius 2 is 2.29 bits per heavy atom. The third-order valence-corrected chi connectivity index (χ3v) is 2.62. The Kier molecular flexibility index (Phi) is 2.54. The molecule has 0 bridgehead atoms. The fourth-order valence-electron chi connectivity index (χ4n) is 1.41. The van der Waals surface area contributed by atoms with Crippen molar-refractivity contribution in [1.29, 1.82) is 0 Å². The summed E-state index contributed by atoms with van der Waals surface area (Å²) in [6.07, 6.45) is 5.22. The summed E-state index contributed by atoms with van der Waals surface area (Å²) in [5.41, 5.74) is -1.05. The summed E-state index contributed by atoms with van der Waals surface area (Å²) in [4.78, 5) is 7.81. The van der Waals surface area contributed by atoms with Gasteiger partial charge in [-0.3, -0.25) is 4.98 Å². The number of rotatable bonds is 3. The highest BCUT2D eigenvalue weighted by Gasteiger charge is 2.36. The number of nitrogens with one attached hydrogen (secondary N) is 1. The Morgan fingerprint density at radius 3 is 2.86 bits per heavy atom. The Bertz CT molecular complexity index is 328. The number of halogens is 2. The molecule has 1 heterocycles. The minimum atomic E-state index is -1.05. The first-order valence-corrected chi connectivity index (χ1v) is 4.96. The molecule has 1 aromatic rings. The maximum absolute atomic E-state index is 13.5. The molecule has 2 rings (SSSR count). The van der Waals surface area contributed by atoms with Crippen LogP contribution in [0.25, 0.3) is 0 Å². The second-order valence-corrected chi connectivity index (χ2v) is 3.97. The molecule has 1 saturated carbocycles. The molecule has 0 aliphatic heterocycles. The highest BCUT2D eigenvalue weighted by molar-refractivity contribution is 6.29. The minimum absolute atomic E-state index is 0.294. The zero-order chi connectivity index (χ0) is 10.0. The number of hydrogen-bond donors (Lipinski definition) is 1. The second kappa shape index (κ2) is 3.69. The summed E-state index contributed by atoms with van der Waals surface area (Å²) in [6, 6.07) is 0. The summed E-state index contributed by atoms with van der Waals surface area (Å²) in [7, 11) is 0. The van der Waals surface area contributed by atoms with Gasteiger partial charge in [-0.2, -0.15) is 0 Å². The first kappa shape index (κ1) is 9.65. The van der Waals surface area contributed by atoms with Crippen LogP contribution in [0.3, 0.4) is 0 Å². The van der Waals surface area contributed by atoms with E-state index in [1.807, 2.05) is 0 Å². The largest absolute Gasteiger partial charge is 0.366 e. The summed E-state index contributed by atoms with van der Waals surface area (Å²) < 4.78 is 13.5. The molecular weight excluding hydrogens is 205 g/mol. The van der Waals surface area contributed by atoms with E-state index >= 15 is 0 Å². The lowest BCUT2D eigenvalue weighted by Gasteiger charge is -2.33. The molecule has 1 N–H and O–H groups in total. The highest BCUT2D eigenvalue weighted by Crippen LogP contribution is 2.35. The summed E-state index contributed by atoms with van der Waals surface area (Å²) >= 11 is 5.64. The monoisotopic (exact) mass is 215 g/mol. The quantitative estimate of drug-likeness (QED) is 0.842. The molecule has 0 saturated heterocycles. The van der Waals surface area contributed by atoms with Crippen LogP contribution in [0, 0.1) is 0 Å². The topological polar surface area (TPSA) is 37.8 Å². The molecule has 0 amide bonds. The van der Waals surface area contributed by atoms with E-state index in [1.54, 1.807) is 0 Å². The van der Waals surface area contributed by atoms with Gasteiger partial charge in [-0.1, -0.05) is 11.6 Å². The lowest BCUT2D eigenvalue weighted by molar-refractivity contribution is 0.0783. The minimum Gasteiger partial charge on any atom is -0.366 e. The van der Waals surface area contributed by atoms with Crippen LogP contribution in [0.1, 0.15) is 19.3 Å². The van der Waals surface area contributed by atoms with Crippen LogP contribution < -0.4 is 5.32 Å². The Balaban J connectivity index is 1.91. The van der Waals surface area contributed by atoms with Crippen molar-refractivity contribution in [1.82, 2.24) is 9.97 Å². The summed E-state index contributed by atoms with van der Waals surface area (Å²) in [5, 5.41) is 3.21. The summed E-state index contributed by atoms with van der Waals surface area (Å²) in [5.74, 6) is 0.529. The standard InChI is InChI=1S/C9H11ClFN3/c10-7-4-12-5-8(14-7)13-6-9(11)2-1-3-9/h4-5H,1-3,6H2,(H,13,14). The van der Waals surface area contributed by atoms with Crippen LogP contribution in [0.5, 0.6) is 0 Å².